The van der Waals surface area contributed by atoms with Crippen molar-refractivity contribution in [2.75, 3.05) is 0 Å². The third-order valence-electron chi connectivity index (χ3n) is 10.9. The van der Waals surface area contributed by atoms with Gasteiger partial charge in [0, 0.05) is 16.5 Å². The highest BCUT2D eigenvalue weighted by atomic mass is 15.0. The maximum Gasteiger partial charge on any atom is 0.0992 e. The molecule has 0 unspecified atom stereocenters. The third-order valence-corrected chi connectivity index (χ3v) is 10.9. The SMILES string of the molecule is N#Cc1cc2ccc3cc(-c4ccc5cc(-c6cc7c8ccccc8ccc7c7ccccc67)ccc5c4)cc4c3c2c(c1)n4-c1ccccc1. The second-order valence-electron chi connectivity index (χ2n) is 13.7. The number of aromatic nitrogens is 1. The molecule has 0 amide bonds. The number of fused-ring (bicyclic) bond motifs is 6. The zero-order chi connectivity index (χ0) is 33.6. The Labute approximate surface area is 294 Å². The Kier molecular flexibility index (Phi) is 5.77. The summed E-state index contributed by atoms with van der Waals surface area (Å²) >= 11 is 0. The molecular formula is C49H28N2. The summed E-state index contributed by atoms with van der Waals surface area (Å²) in [6.07, 6.45) is 0. The number of para-hydroxylation sites is 1. The van der Waals surface area contributed by atoms with Gasteiger partial charge in [0.25, 0.3) is 0 Å². The molecule has 0 radical (unpaired) electrons. The van der Waals surface area contributed by atoms with E-state index in [0.29, 0.717) is 5.56 Å². The smallest absolute Gasteiger partial charge is 0.0992 e. The van der Waals surface area contributed by atoms with Gasteiger partial charge in [0.2, 0.25) is 0 Å². The number of benzene rings is 10. The summed E-state index contributed by atoms with van der Waals surface area (Å²) in [4.78, 5) is 0. The number of hydrogen-bond donors (Lipinski definition) is 0. The first-order chi connectivity index (χ1) is 25.2. The molecule has 1 heterocycles. The fourth-order valence-corrected chi connectivity index (χ4v) is 8.55. The molecule has 0 saturated heterocycles. The highest BCUT2D eigenvalue weighted by molar-refractivity contribution is 6.25. The maximum absolute atomic E-state index is 9.87. The zero-order valence-electron chi connectivity index (χ0n) is 27.6. The van der Waals surface area contributed by atoms with Crippen LogP contribution in [0.5, 0.6) is 0 Å². The van der Waals surface area contributed by atoms with Crippen molar-refractivity contribution in [1.82, 2.24) is 4.57 Å². The summed E-state index contributed by atoms with van der Waals surface area (Å²) in [5.41, 5.74) is 8.79. The van der Waals surface area contributed by atoms with Crippen LogP contribution in [0.25, 0.3) is 104 Å². The monoisotopic (exact) mass is 644 g/mol. The molecule has 0 aliphatic carbocycles. The minimum absolute atomic E-state index is 0.671. The van der Waals surface area contributed by atoms with E-state index in [1.54, 1.807) is 0 Å². The van der Waals surface area contributed by atoms with Crippen LogP contribution in [-0.2, 0) is 0 Å². The van der Waals surface area contributed by atoms with E-state index in [4.69, 9.17) is 0 Å². The van der Waals surface area contributed by atoms with Gasteiger partial charge in [-0.1, -0.05) is 115 Å². The van der Waals surface area contributed by atoms with Crippen molar-refractivity contribution in [2.24, 2.45) is 0 Å². The van der Waals surface area contributed by atoms with Gasteiger partial charge in [-0.3, -0.25) is 0 Å². The van der Waals surface area contributed by atoms with E-state index in [-0.39, 0.29) is 0 Å². The number of rotatable bonds is 3. The van der Waals surface area contributed by atoms with E-state index in [0.717, 1.165) is 22.1 Å². The minimum Gasteiger partial charge on any atom is -0.309 e. The van der Waals surface area contributed by atoms with Crippen molar-refractivity contribution in [3.63, 3.8) is 0 Å². The molecule has 234 valence electrons. The van der Waals surface area contributed by atoms with Crippen molar-refractivity contribution in [3.05, 3.63) is 175 Å². The van der Waals surface area contributed by atoms with Gasteiger partial charge in [-0.25, -0.2) is 0 Å². The van der Waals surface area contributed by atoms with Gasteiger partial charge in [0.05, 0.1) is 22.7 Å². The van der Waals surface area contributed by atoms with E-state index in [1.807, 2.05) is 18.2 Å². The second-order valence-corrected chi connectivity index (χ2v) is 13.7. The Hall–Kier alpha value is -6.95. The molecule has 51 heavy (non-hydrogen) atoms. The summed E-state index contributed by atoms with van der Waals surface area (Å²) in [5, 5.41) is 24.7. The van der Waals surface area contributed by atoms with Crippen LogP contribution in [0.4, 0.5) is 0 Å². The highest BCUT2D eigenvalue weighted by Gasteiger charge is 2.19. The molecule has 11 aromatic rings. The van der Waals surface area contributed by atoms with Gasteiger partial charge < -0.3 is 4.57 Å². The molecule has 1 aromatic heterocycles. The zero-order valence-corrected chi connectivity index (χ0v) is 27.6. The first kappa shape index (κ1) is 27.9. The van der Waals surface area contributed by atoms with Crippen LogP contribution in [0, 0.1) is 11.3 Å². The van der Waals surface area contributed by atoms with E-state index >= 15 is 0 Å². The van der Waals surface area contributed by atoms with Crippen molar-refractivity contribution in [3.8, 4) is 34.0 Å². The van der Waals surface area contributed by atoms with Crippen LogP contribution in [0.3, 0.4) is 0 Å². The fraction of sp³-hybridized carbons (Fsp3) is 0. The second kappa shape index (κ2) is 10.5. The van der Waals surface area contributed by atoms with Crippen molar-refractivity contribution in [1.29, 1.82) is 5.26 Å². The number of nitriles is 1. The largest absolute Gasteiger partial charge is 0.309 e. The van der Waals surface area contributed by atoms with Crippen LogP contribution >= 0.6 is 0 Å². The van der Waals surface area contributed by atoms with Gasteiger partial charge in [0.15, 0.2) is 0 Å². The van der Waals surface area contributed by atoms with E-state index < -0.39 is 0 Å². The molecule has 0 fully saturated rings. The molecule has 0 bridgehead atoms. The van der Waals surface area contributed by atoms with Crippen LogP contribution in [0.1, 0.15) is 5.56 Å². The molecule has 0 saturated carbocycles. The minimum atomic E-state index is 0.671. The molecule has 11 rings (SSSR count). The molecule has 2 heteroatoms. The first-order valence-electron chi connectivity index (χ1n) is 17.4. The van der Waals surface area contributed by atoms with Gasteiger partial charge in [0.1, 0.15) is 0 Å². The average Bonchev–Trinajstić information content (AvgIpc) is 3.53. The quantitative estimate of drug-likeness (QED) is 0.176. The van der Waals surface area contributed by atoms with Crippen molar-refractivity contribution >= 4 is 75.7 Å². The first-order valence-corrected chi connectivity index (χ1v) is 17.4. The Morgan fingerprint density at radius 3 is 1.76 bits per heavy atom. The number of nitrogens with zero attached hydrogens (tertiary/aromatic N) is 2. The number of hydrogen-bond acceptors (Lipinski definition) is 1. The molecular weight excluding hydrogens is 617 g/mol. The summed E-state index contributed by atoms with van der Waals surface area (Å²) in [6.45, 7) is 0. The molecule has 0 atom stereocenters. The molecule has 0 spiro atoms. The summed E-state index contributed by atoms with van der Waals surface area (Å²) in [6, 6.07) is 64.0. The van der Waals surface area contributed by atoms with Crippen LogP contribution < -0.4 is 0 Å². The summed E-state index contributed by atoms with van der Waals surface area (Å²) in [7, 11) is 0. The lowest BCUT2D eigenvalue weighted by atomic mass is 9.90. The van der Waals surface area contributed by atoms with E-state index in [9.17, 15) is 5.26 Å². The van der Waals surface area contributed by atoms with E-state index in [2.05, 4.69) is 162 Å². The predicted octanol–water partition coefficient (Wildman–Crippen LogP) is 13.2. The Balaban J connectivity index is 1.09. The Morgan fingerprint density at radius 2 is 0.961 bits per heavy atom. The molecule has 10 aromatic carbocycles. The molecule has 0 aliphatic rings. The van der Waals surface area contributed by atoms with Crippen molar-refractivity contribution in [2.45, 2.75) is 0 Å². The molecule has 2 nitrogen and oxygen atoms in total. The van der Waals surface area contributed by atoms with Gasteiger partial charge in [-0.05, 0) is 131 Å². The van der Waals surface area contributed by atoms with Crippen LogP contribution in [0.2, 0.25) is 0 Å². The third kappa shape index (κ3) is 4.10. The fourth-order valence-electron chi connectivity index (χ4n) is 8.55. The van der Waals surface area contributed by atoms with Gasteiger partial charge in [-0.2, -0.15) is 5.26 Å². The average molecular weight is 645 g/mol. The van der Waals surface area contributed by atoms with E-state index in [1.165, 1.54) is 81.5 Å². The standard InChI is InChI=1S/C49H28N2/c50-29-30-22-36-18-19-37-26-38(27-47-49(37)48(36)46(23-30)51(47)39-9-2-1-3-10-39)34-15-14-33-25-35(17-16-32(33)24-34)44-28-45-40-11-5-4-8-31(40)20-21-43(45)41-12-6-7-13-42(41)44/h1-28H. The Bertz CT molecular complexity index is 3250. The Morgan fingerprint density at radius 1 is 0.373 bits per heavy atom. The summed E-state index contributed by atoms with van der Waals surface area (Å²) < 4.78 is 2.32. The van der Waals surface area contributed by atoms with Crippen molar-refractivity contribution < 1.29 is 0 Å². The van der Waals surface area contributed by atoms with Crippen LogP contribution in [0.15, 0.2) is 170 Å². The lowest BCUT2D eigenvalue weighted by Crippen LogP contribution is -1.94. The highest BCUT2D eigenvalue weighted by Crippen LogP contribution is 2.43. The van der Waals surface area contributed by atoms with Gasteiger partial charge >= 0.3 is 0 Å². The lowest BCUT2D eigenvalue weighted by Gasteiger charge is -2.14. The summed E-state index contributed by atoms with van der Waals surface area (Å²) in [5.74, 6) is 0. The topological polar surface area (TPSA) is 28.7 Å². The maximum atomic E-state index is 9.87. The predicted molar refractivity (Wildman–Crippen MR) is 215 cm³/mol. The normalized spacial score (nSPS) is 11.9. The lowest BCUT2D eigenvalue weighted by molar-refractivity contribution is 1.18. The van der Waals surface area contributed by atoms with Gasteiger partial charge in [-0.15, -0.1) is 0 Å². The molecule has 0 N–H and O–H groups in total. The molecule has 0 aliphatic heterocycles. The van der Waals surface area contributed by atoms with Crippen LogP contribution in [-0.4, -0.2) is 4.57 Å².